The third kappa shape index (κ3) is 3.29. The van der Waals surface area contributed by atoms with Crippen LogP contribution in [0, 0.1) is 6.92 Å². The van der Waals surface area contributed by atoms with Crippen molar-refractivity contribution in [2.45, 2.75) is 19.9 Å². The number of benzene rings is 1. The van der Waals surface area contributed by atoms with Crippen LogP contribution < -0.4 is 11.1 Å². The summed E-state index contributed by atoms with van der Waals surface area (Å²) in [5.41, 5.74) is 9.87. The van der Waals surface area contributed by atoms with Gasteiger partial charge >= 0.3 is 0 Å². The summed E-state index contributed by atoms with van der Waals surface area (Å²) in [7, 11) is 0. The normalized spacial score (nSPS) is 11.9. The van der Waals surface area contributed by atoms with E-state index in [0.29, 0.717) is 4.99 Å². The second-order valence-corrected chi connectivity index (χ2v) is 4.99. The molecular weight excluding hydrogens is 254 g/mol. The second kappa shape index (κ2) is 5.80. The SMILES string of the molecule is Cc1cc(NC(C)c2cccnc2)ccc1C(N)=S. The van der Waals surface area contributed by atoms with Crippen molar-refractivity contribution < 1.29 is 0 Å². The predicted molar refractivity (Wildman–Crippen MR) is 83.3 cm³/mol. The van der Waals surface area contributed by atoms with E-state index in [0.717, 1.165) is 22.4 Å². The molecule has 0 bridgehead atoms. The number of aromatic nitrogens is 1. The zero-order valence-corrected chi connectivity index (χ0v) is 11.9. The van der Waals surface area contributed by atoms with Gasteiger partial charge in [0.1, 0.15) is 4.99 Å². The molecular formula is C15H17N3S. The molecule has 1 unspecified atom stereocenters. The number of hydrogen-bond donors (Lipinski definition) is 2. The topological polar surface area (TPSA) is 50.9 Å². The molecule has 0 aliphatic heterocycles. The first-order chi connectivity index (χ1) is 9.08. The summed E-state index contributed by atoms with van der Waals surface area (Å²) in [6.45, 7) is 4.11. The zero-order valence-electron chi connectivity index (χ0n) is 11.1. The molecule has 0 spiro atoms. The van der Waals surface area contributed by atoms with Crippen molar-refractivity contribution in [2.24, 2.45) is 5.73 Å². The molecule has 0 amide bonds. The molecule has 2 aromatic rings. The van der Waals surface area contributed by atoms with Crippen LogP contribution in [0.15, 0.2) is 42.7 Å². The highest BCUT2D eigenvalue weighted by molar-refractivity contribution is 7.80. The van der Waals surface area contributed by atoms with Crippen LogP contribution in [0.5, 0.6) is 0 Å². The fraction of sp³-hybridized carbons (Fsp3) is 0.200. The van der Waals surface area contributed by atoms with Crippen LogP contribution in [0.25, 0.3) is 0 Å². The largest absolute Gasteiger partial charge is 0.389 e. The van der Waals surface area contributed by atoms with Crippen molar-refractivity contribution in [3.05, 3.63) is 59.4 Å². The number of thiocarbonyl (C=S) groups is 1. The summed E-state index contributed by atoms with van der Waals surface area (Å²) < 4.78 is 0. The van der Waals surface area contributed by atoms with Crippen LogP contribution in [-0.2, 0) is 0 Å². The number of nitrogens with one attached hydrogen (secondary N) is 1. The molecule has 0 saturated heterocycles. The van der Waals surface area contributed by atoms with Gasteiger partial charge in [-0.3, -0.25) is 4.98 Å². The van der Waals surface area contributed by atoms with Gasteiger partial charge in [0.25, 0.3) is 0 Å². The first-order valence-corrected chi connectivity index (χ1v) is 6.55. The Kier molecular flexibility index (Phi) is 4.12. The van der Waals surface area contributed by atoms with Gasteiger partial charge < -0.3 is 11.1 Å². The molecule has 1 atom stereocenters. The number of hydrogen-bond acceptors (Lipinski definition) is 3. The Hall–Kier alpha value is -1.94. The average molecular weight is 271 g/mol. The molecule has 2 rings (SSSR count). The Morgan fingerprint density at radius 1 is 1.37 bits per heavy atom. The van der Waals surface area contributed by atoms with Gasteiger partial charge in [-0.05, 0) is 49.2 Å². The predicted octanol–water partition coefficient (Wildman–Crippen LogP) is 3.20. The Labute approximate surface area is 118 Å². The number of anilines is 1. The lowest BCUT2D eigenvalue weighted by Gasteiger charge is -2.16. The van der Waals surface area contributed by atoms with E-state index >= 15 is 0 Å². The fourth-order valence-corrected chi connectivity index (χ4v) is 2.22. The van der Waals surface area contributed by atoms with Crippen molar-refractivity contribution in [3.8, 4) is 0 Å². The maximum absolute atomic E-state index is 5.66. The number of pyridine rings is 1. The monoisotopic (exact) mass is 271 g/mol. The van der Waals surface area contributed by atoms with E-state index in [2.05, 4.69) is 29.4 Å². The maximum Gasteiger partial charge on any atom is 0.104 e. The quantitative estimate of drug-likeness (QED) is 0.838. The third-order valence-corrected chi connectivity index (χ3v) is 3.28. The molecule has 0 aliphatic rings. The first-order valence-electron chi connectivity index (χ1n) is 6.15. The molecule has 1 heterocycles. The summed E-state index contributed by atoms with van der Waals surface area (Å²) in [5, 5.41) is 3.44. The minimum absolute atomic E-state index is 0.198. The van der Waals surface area contributed by atoms with Gasteiger partial charge in [-0.2, -0.15) is 0 Å². The van der Waals surface area contributed by atoms with Crippen LogP contribution in [0.4, 0.5) is 5.69 Å². The van der Waals surface area contributed by atoms with Crippen molar-refractivity contribution >= 4 is 22.9 Å². The lowest BCUT2D eigenvalue weighted by molar-refractivity contribution is 0.875. The van der Waals surface area contributed by atoms with E-state index < -0.39 is 0 Å². The molecule has 1 aromatic carbocycles. The van der Waals surface area contributed by atoms with E-state index in [9.17, 15) is 0 Å². The molecule has 0 fully saturated rings. The van der Waals surface area contributed by atoms with Crippen LogP contribution in [0.3, 0.4) is 0 Å². The highest BCUT2D eigenvalue weighted by Gasteiger charge is 2.07. The van der Waals surface area contributed by atoms with Gasteiger partial charge in [0, 0.05) is 23.6 Å². The molecule has 98 valence electrons. The average Bonchev–Trinajstić information content (AvgIpc) is 2.39. The van der Waals surface area contributed by atoms with Crippen LogP contribution in [0.1, 0.15) is 29.7 Å². The second-order valence-electron chi connectivity index (χ2n) is 4.55. The van der Waals surface area contributed by atoms with Crippen LogP contribution >= 0.6 is 12.2 Å². The summed E-state index contributed by atoms with van der Waals surface area (Å²) in [5.74, 6) is 0. The van der Waals surface area contributed by atoms with Crippen molar-refractivity contribution in [2.75, 3.05) is 5.32 Å². The molecule has 3 nitrogen and oxygen atoms in total. The fourth-order valence-electron chi connectivity index (χ4n) is 2.00. The summed E-state index contributed by atoms with van der Waals surface area (Å²) >= 11 is 5.01. The molecule has 0 radical (unpaired) electrons. The number of nitrogens with two attached hydrogens (primary N) is 1. The van der Waals surface area contributed by atoms with Gasteiger partial charge in [-0.25, -0.2) is 0 Å². The number of aryl methyl sites for hydroxylation is 1. The Morgan fingerprint density at radius 2 is 2.16 bits per heavy atom. The lowest BCUT2D eigenvalue weighted by Crippen LogP contribution is -2.12. The van der Waals surface area contributed by atoms with Gasteiger partial charge in [0.15, 0.2) is 0 Å². The van der Waals surface area contributed by atoms with E-state index in [1.54, 1.807) is 6.20 Å². The summed E-state index contributed by atoms with van der Waals surface area (Å²) in [6, 6.07) is 10.2. The Morgan fingerprint density at radius 3 is 2.74 bits per heavy atom. The highest BCUT2D eigenvalue weighted by atomic mass is 32.1. The molecule has 1 aromatic heterocycles. The van der Waals surface area contributed by atoms with Gasteiger partial charge in [0.05, 0.1) is 6.04 Å². The summed E-state index contributed by atoms with van der Waals surface area (Å²) in [6.07, 6.45) is 3.64. The molecule has 3 N–H and O–H groups in total. The summed E-state index contributed by atoms with van der Waals surface area (Å²) in [4.78, 5) is 4.56. The van der Waals surface area contributed by atoms with Crippen molar-refractivity contribution in [1.29, 1.82) is 0 Å². The first kappa shape index (κ1) is 13.5. The van der Waals surface area contributed by atoms with Gasteiger partial charge in [-0.15, -0.1) is 0 Å². The number of nitrogens with zero attached hydrogens (tertiary/aromatic N) is 1. The Bertz CT molecular complexity index is 581. The van der Waals surface area contributed by atoms with Crippen molar-refractivity contribution in [3.63, 3.8) is 0 Å². The van der Waals surface area contributed by atoms with Crippen molar-refractivity contribution in [1.82, 2.24) is 4.98 Å². The Balaban J connectivity index is 2.16. The van der Waals surface area contributed by atoms with Crippen LogP contribution in [0.2, 0.25) is 0 Å². The minimum atomic E-state index is 0.198. The lowest BCUT2D eigenvalue weighted by atomic mass is 10.1. The molecule has 4 heteroatoms. The van der Waals surface area contributed by atoms with E-state index in [1.807, 2.05) is 31.3 Å². The van der Waals surface area contributed by atoms with E-state index in [4.69, 9.17) is 18.0 Å². The van der Waals surface area contributed by atoms with E-state index in [1.165, 1.54) is 0 Å². The zero-order chi connectivity index (χ0) is 13.8. The maximum atomic E-state index is 5.66. The highest BCUT2D eigenvalue weighted by Crippen LogP contribution is 2.21. The molecule has 0 aliphatic carbocycles. The minimum Gasteiger partial charge on any atom is -0.389 e. The van der Waals surface area contributed by atoms with Crippen LogP contribution in [-0.4, -0.2) is 9.97 Å². The third-order valence-electron chi connectivity index (χ3n) is 3.06. The number of rotatable bonds is 4. The van der Waals surface area contributed by atoms with E-state index in [-0.39, 0.29) is 6.04 Å². The standard InChI is InChI=1S/C15H17N3S/c1-10-8-13(5-6-14(10)15(16)19)18-11(2)12-4-3-7-17-9-12/h3-9,11,18H,1-2H3,(H2,16,19). The molecule has 19 heavy (non-hydrogen) atoms. The smallest absolute Gasteiger partial charge is 0.104 e. The molecule has 0 saturated carbocycles. The van der Waals surface area contributed by atoms with Gasteiger partial charge in [-0.1, -0.05) is 18.3 Å². The van der Waals surface area contributed by atoms with Gasteiger partial charge in [0.2, 0.25) is 0 Å².